The number of hydrogen-bond acceptors (Lipinski definition) is 7. The smallest absolute Gasteiger partial charge is 0.341 e. The zero-order chi connectivity index (χ0) is 25.7. The molecular weight excluding hydrogens is 500 g/mol. The highest BCUT2D eigenvalue weighted by Crippen LogP contribution is 2.39. The van der Waals surface area contributed by atoms with Gasteiger partial charge in [-0.3, -0.25) is 4.79 Å². The van der Waals surface area contributed by atoms with Crippen LogP contribution in [0.25, 0.3) is 0 Å². The molecule has 2 aromatic rings. The number of carbonyl (C=O) groups excluding carboxylic acids is 2. The van der Waals surface area contributed by atoms with Gasteiger partial charge in [0.2, 0.25) is 15.9 Å². The van der Waals surface area contributed by atoms with Gasteiger partial charge in [-0.05, 0) is 81.2 Å². The van der Waals surface area contributed by atoms with Gasteiger partial charge in [0.15, 0.2) is 0 Å². The maximum absolute atomic E-state index is 13.1. The first-order valence-corrected chi connectivity index (χ1v) is 14.9. The molecule has 10 heteroatoms. The standard InChI is InChI=1S/C26H34N2O6S2/c1-3-34-26(30)24-20-9-5-6-10-22(20)35-25(24)27-23(29)14-11-18-17-19(12-13-21(18)33-2)36(31,32)28-15-7-4-8-16-28/h12-13,17H,3-11,14-16H2,1-2H3,(H,27,29). The van der Waals surface area contributed by atoms with Crippen LogP contribution in [0.2, 0.25) is 0 Å². The summed E-state index contributed by atoms with van der Waals surface area (Å²) in [6.07, 6.45) is 6.99. The second kappa shape index (κ2) is 11.7. The molecule has 2 aliphatic rings. The number of amides is 1. The van der Waals surface area contributed by atoms with E-state index >= 15 is 0 Å². The van der Waals surface area contributed by atoms with Gasteiger partial charge in [0.1, 0.15) is 10.8 Å². The van der Waals surface area contributed by atoms with Crippen LogP contribution in [0.5, 0.6) is 5.75 Å². The van der Waals surface area contributed by atoms with Gasteiger partial charge in [-0.15, -0.1) is 11.3 Å². The van der Waals surface area contributed by atoms with E-state index in [9.17, 15) is 18.0 Å². The van der Waals surface area contributed by atoms with E-state index in [0.29, 0.717) is 41.4 Å². The van der Waals surface area contributed by atoms with Crippen LogP contribution in [0.15, 0.2) is 23.1 Å². The van der Waals surface area contributed by atoms with Crippen LogP contribution in [0.4, 0.5) is 5.00 Å². The summed E-state index contributed by atoms with van der Waals surface area (Å²) < 4.78 is 38.5. The Balaban J connectivity index is 1.50. The zero-order valence-corrected chi connectivity index (χ0v) is 22.6. The molecule has 0 atom stereocenters. The van der Waals surface area contributed by atoms with Gasteiger partial charge in [0, 0.05) is 24.4 Å². The summed E-state index contributed by atoms with van der Waals surface area (Å²) in [6.45, 7) is 3.09. The number of methoxy groups -OCH3 is 1. The molecule has 0 spiro atoms. The van der Waals surface area contributed by atoms with E-state index in [1.165, 1.54) is 22.8 Å². The molecule has 36 heavy (non-hydrogen) atoms. The first kappa shape index (κ1) is 26.6. The van der Waals surface area contributed by atoms with E-state index in [1.807, 2.05) is 0 Å². The number of aryl methyl sites for hydroxylation is 2. The molecule has 1 aromatic heterocycles. The number of sulfonamides is 1. The molecule has 2 heterocycles. The molecule has 196 valence electrons. The minimum absolute atomic E-state index is 0.119. The summed E-state index contributed by atoms with van der Waals surface area (Å²) in [5.41, 5.74) is 2.14. The predicted molar refractivity (Wildman–Crippen MR) is 139 cm³/mol. The molecule has 1 N–H and O–H groups in total. The fourth-order valence-electron chi connectivity index (χ4n) is 4.88. The van der Waals surface area contributed by atoms with E-state index in [-0.39, 0.29) is 23.8 Å². The van der Waals surface area contributed by atoms with Gasteiger partial charge in [-0.1, -0.05) is 6.42 Å². The number of ether oxygens (including phenoxy) is 2. The molecule has 0 bridgehead atoms. The molecule has 1 aliphatic heterocycles. The van der Waals surface area contributed by atoms with Crippen LogP contribution in [0, 0.1) is 0 Å². The quantitative estimate of drug-likeness (QED) is 0.474. The molecule has 1 aromatic carbocycles. The fraction of sp³-hybridized carbons (Fsp3) is 0.538. The first-order chi connectivity index (χ1) is 17.3. The lowest BCUT2D eigenvalue weighted by Crippen LogP contribution is -2.35. The third kappa shape index (κ3) is 5.76. The molecule has 4 rings (SSSR count). The summed E-state index contributed by atoms with van der Waals surface area (Å²) in [5.74, 6) is -0.103. The van der Waals surface area contributed by atoms with Crippen LogP contribution in [-0.2, 0) is 38.8 Å². The topological polar surface area (TPSA) is 102 Å². The molecule has 0 saturated carbocycles. The Labute approximate surface area is 217 Å². The lowest BCUT2D eigenvalue weighted by Gasteiger charge is -2.26. The highest BCUT2D eigenvalue weighted by Gasteiger charge is 2.28. The monoisotopic (exact) mass is 534 g/mol. The van der Waals surface area contributed by atoms with Gasteiger partial charge >= 0.3 is 5.97 Å². The molecule has 0 unspecified atom stereocenters. The zero-order valence-electron chi connectivity index (χ0n) is 20.9. The third-order valence-corrected chi connectivity index (χ3v) is 9.83. The maximum atomic E-state index is 13.1. The van der Waals surface area contributed by atoms with Crippen molar-refractivity contribution >= 4 is 38.2 Å². The van der Waals surface area contributed by atoms with Crippen molar-refractivity contribution in [3.05, 3.63) is 39.8 Å². The molecule has 1 fully saturated rings. The van der Waals surface area contributed by atoms with E-state index in [2.05, 4.69) is 5.32 Å². The lowest BCUT2D eigenvalue weighted by molar-refractivity contribution is -0.116. The summed E-state index contributed by atoms with van der Waals surface area (Å²) in [4.78, 5) is 27.0. The van der Waals surface area contributed by atoms with Gasteiger partial charge in [-0.25, -0.2) is 13.2 Å². The van der Waals surface area contributed by atoms with Crippen molar-refractivity contribution < 1.29 is 27.5 Å². The third-order valence-electron chi connectivity index (χ3n) is 6.73. The summed E-state index contributed by atoms with van der Waals surface area (Å²) in [7, 11) is -2.06. The second-order valence-electron chi connectivity index (χ2n) is 9.12. The number of anilines is 1. The molecule has 1 amide bonds. The van der Waals surface area contributed by atoms with Gasteiger partial charge in [0.25, 0.3) is 0 Å². The van der Waals surface area contributed by atoms with Crippen molar-refractivity contribution in [1.29, 1.82) is 0 Å². The largest absolute Gasteiger partial charge is 0.496 e. The normalized spacial score (nSPS) is 16.3. The Morgan fingerprint density at radius 3 is 2.56 bits per heavy atom. The summed E-state index contributed by atoms with van der Waals surface area (Å²) >= 11 is 1.45. The van der Waals surface area contributed by atoms with Crippen molar-refractivity contribution in [1.82, 2.24) is 4.31 Å². The Hall–Kier alpha value is -2.43. The molecule has 1 saturated heterocycles. The Kier molecular flexibility index (Phi) is 8.69. The van der Waals surface area contributed by atoms with Crippen LogP contribution in [0.3, 0.4) is 0 Å². The molecular formula is C26H34N2O6S2. The lowest BCUT2D eigenvalue weighted by atomic mass is 9.95. The number of fused-ring (bicyclic) bond motifs is 1. The Bertz CT molecular complexity index is 1220. The van der Waals surface area contributed by atoms with Crippen molar-refractivity contribution in [3.8, 4) is 5.75 Å². The number of piperidine rings is 1. The summed E-state index contributed by atoms with van der Waals surface area (Å²) in [6, 6.07) is 4.83. The first-order valence-electron chi connectivity index (χ1n) is 12.6. The predicted octanol–water partition coefficient (Wildman–Crippen LogP) is 4.56. The van der Waals surface area contributed by atoms with Gasteiger partial charge in [0.05, 0.1) is 24.2 Å². The number of rotatable bonds is 9. The van der Waals surface area contributed by atoms with Crippen LogP contribution in [-0.4, -0.2) is 51.4 Å². The Morgan fingerprint density at radius 1 is 1.08 bits per heavy atom. The van der Waals surface area contributed by atoms with E-state index in [4.69, 9.17) is 9.47 Å². The molecule has 1 aliphatic carbocycles. The fourth-order valence-corrected chi connectivity index (χ4v) is 7.74. The number of benzene rings is 1. The molecule has 8 nitrogen and oxygen atoms in total. The maximum Gasteiger partial charge on any atom is 0.341 e. The average Bonchev–Trinajstić information content (AvgIpc) is 3.25. The van der Waals surface area contributed by atoms with Crippen molar-refractivity contribution in [2.75, 3.05) is 32.1 Å². The van der Waals surface area contributed by atoms with Crippen LogP contribution >= 0.6 is 11.3 Å². The Morgan fingerprint density at radius 2 is 1.83 bits per heavy atom. The minimum Gasteiger partial charge on any atom is -0.496 e. The minimum atomic E-state index is -3.59. The number of nitrogens with one attached hydrogen (secondary N) is 1. The molecule has 0 radical (unpaired) electrons. The summed E-state index contributed by atoms with van der Waals surface area (Å²) in [5, 5.41) is 3.46. The van der Waals surface area contributed by atoms with E-state index in [0.717, 1.165) is 55.4 Å². The van der Waals surface area contributed by atoms with E-state index < -0.39 is 16.0 Å². The highest BCUT2D eigenvalue weighted by molar-refractivity contribution is 7.89. The number of esters is 1. The van der Waals surface area contributed by atoms with Crippen LogP contribution in [0.1, 0.15) is 71.8 Å². The van der Waals surface area contributed by atoms with Crippen molar-refractivity contribution in [2.45, 2.75) is 69.6 Å². The van der Waals surface area contributed by atoms with Crippen molar-refractivity contribution in [2.24, 2.45) is 0 Å². The number of nitrogens with zero attached hydrogens (tertiary/aromatic N) is 1. The van der Waals surface area contributed by atoms with Gasteiger partial charge < -0.3 is 14.8 Å². The number of hydrogen-bond donors (Lipinski definition) is 1. The SMILES string of the molecule is CCOC(=O)c1c(NC(=O)CCc2cc(S(=O)(=O)N3CCCCC3)ccc2OC)sc2c1CCCC2. The number of thiophene rings is 1. The second-order valence-corrected chi connectivity index (χ2v) is 12.2. The van der Waals surface area contributed by atoms with Gasteiger partial charge in [-0.2, -0.15) is 4.31 Å². The van der Waals surface area contributed by atoms with Crippen molar-refractivity contribution in [3.63, 3.8) is 0 Å². The average molecular weight is 535 g/mol. The van der Waals surface area contributed by atoms with E-state index in [1.54, 1.807) is 25.1 Å². The highest BCUT2D eigenvalue weighted by atomic mass is 32.2. The van der Waals surface area contributed by atoms with Crippen LogP contribution < -0.4 is 10.1 Å². The number of carbonyl (C=O) groups is 2.